The summed E-state index contributed by atoms with van der Waals surface area (Å²) in [7, 11) is 2.91. The summed E-state index contributed by atoms with van der Waals surface area (Å²) < 4.78 is 4.91. The lowest BCUT2D eigenvalue weighted by molar-refractivity contribution is -0.125. The Balaban J connectivity index is 2.94. The van der Waals surface area contributed by atoms with Crippen LogP contribution in [0.5, 0.6) is 0 Å². The maximum Gasteiger partial charge on any atom is 0.254 e. The van der Waals surface area contributed by atoms with Crippen LogP contribution in [0.3, 0.4) is 0 Å². The second kappa shape index (κ2) is 7.08. The second-order valence-corrected chi connectivity index (χ2v) is 4.13. The molecule has 0 fully saturated rings. The number of amides is 2. The van der Waals surface area contributed by atoms with Gasteiger partial charge in [0, 0.05) is 26.3 Å². The summed E-state index contributed by atoms with van der Waals surface area (Å²) in [5, 5.41) is 5.39. The zero-order valence-electron chi connectivity index (χ0n) is 10.7. The minimum absolute atomic E-state index is 0.0507. The van der Waals surface area contributed by atoms with Gasteiger partial charge in [-0.25, -0.2) is 0 Å². The average molecular weight is 286 g/mol. The topological polar surface area (TPSA) is 93.5 Å². The number of halogens is 1. The van der Waals surface area contributed by atoms with E-state index in [2.05, 4.69) is 10.6 Å². The molecule has 0 aromatic heterocycles. The van der Waals surface area contributed by atoms with Crippen molar-refractivity contribution in [3.63, 3.8) is 0 Å². The fourth-order valence-electron chi connectivity index (χ4n) is 1.43. The number of carbonyl (C=O) groups excluding carboxylic acids is 2. The lowest BCUT2D eigenvalue weighted by Gasteiger charge is -2.14. The van der Waals surface area contributed by atoms with E-state index >= 15 is 0 Å². The molecule has 0 saturated heterocycles. The Kier molecular flexibility index (Phi) is 5.75. The van der Waals surface area contributed by atoms with Crippen molar-refractivity contribution in [1.82, 2.24) is 5.32 Å². The number of carbonyl (C=O) groups is 2. The van der Waals surface area contributed by atoms with Gasteiger partial charge >= 0.3 is 0 Å². The molecule has 0 aliphatic carbocycles. The molecule has 1 unspecified atom stereocenters. The van der Waals surface area contributed by atoms with Crippen LogP contribution in [0.15, 0.2) is 18.2 Å². The van der Waals surface area contributed by atoms with Crippen LogP contribution in [0.1, 0.15) is 10.4 Å². The first-order valence-corrected chi connectivity index (χ1v) is 5.96. The zero-order valence-corrected chi connectivity index (χ0v) is 11.5. The Bertz CT molecular complexity index is 475. The second-order valence-electron chi connectivity index (χ2n) is 3.72. The normalized spacial score (nSPS) is 11.8. The minimum atomic E-state index is -0.764. The van der Waals surface area contributed by atoms with Crippen LogP contribution in [0.25, 0.3) is 0 Å². The van der Waals surface area contributed by atoms with Crippen LogP contribution < -0.4 is 16.4 Å². The van der Waals surface area contributed by atoms with Gasteiger partial charge in [0.05, 0.1) is 10.7 Å². The number of benzene rings is 1. The van der Waals surface area contributed by atoms with Crippen LogP contribution in [0, 0.1) is 0 Å². The van der Waals surface area contributed by atoms with E-state index in [9.17, 15) is 9.59 Å². The molecule has 6 nitrogen and oxygen atoms in total. The van der Waals surface area contributed by atoms with Gasteiger partial charge in [-0.05, 0) is 18.2 Å². The van der Waals surface area contributed by atoms with Gasteiger partial charge in [0.1, 0.15) is 6.10 Å². The van der Waals surface area contributed by atoms with Crippen molar-refractivity contribution in [1.29, 1.82) is 0 Å². The highest BCUT2D eigenvalue weighted by Gasteiger charge is 2.17. The smallest absolute Gasteiger partial charge is 0.254 e. The molecule has 0 bridgehead atoms. The maximum atomic E-state index is 11.8. The van der Waals surface area contributed by atoms with E-state index in [0.717, 1.165) is 0 Å². The number of hydrogen-bond acceptors (Lipinski definition) is 4. The van der Waals surface area contributed by atoms with Crippen molar-refractivity contribution in [3.05, 3.63) is 28.8 Å². The largest absolute Gasteiger partial charge is 0.370 e. The lowest BCUT2D eigenvalue weighted by Crippen LogP contribution is -2.36. The molecule has 0 spiro atoms. The molecule has 0 aliphatic rings. The molecule has 1 atom stereocenters. The van der Waals surface area contributed by atoms with E-state index in [4.69, 9.17) is 22.1 Å². The van der Waals surface area contributed by atoms with Crippen LogP contribution in [-0.4, -0.2) is 38.6 Å². The predicted octanol–water partition coefficient (Wildman–Crippen LogP) is 0.612. The first kappa shape index (κ1) is 15.4. The van der Waals surface area contributed by atoms with Crippen molar-refractivity contribution in [2.75, 3.05) is 26.0 Å². The predicted molar refractivity (Wildman–Crippen MR) is 73.3 cm³/mol. The summed E-state index contributed by atoms with van der Waals surface area (Å²) in [4.78, 5) is 23.3. The molecule has 104 valence electrons. The summed E-state index contributed by atoms with van der Waals surface area (Å²) in [6, 6.07) is 4.59. The first-order valence-electron chi connectivity index (χ1n) is 5.58. The Morgan fingerprint density at radius 2 is 2.16 bits per heavy atom. The van der Waals surface area contributed by atoms with E-state index in [1.807, 2.05) is 0 Å². The van der Waals surface area contributed by atoms with Gasteiger partial charge in [-0.1, -0.05) is 11.6 Å². The van der Waals surface area contributed by atoms with Gasteiger partial charge in [0.2, 0.25) is 0 Å². The number of anilines is 1. The molecule has 0 saturated carbocycles. The fourth-order valence-corrected chi connectivity index (χ4v) is 1.59. The molecule has 19 heavy (non-hydrogen) atoms. The van der Waals surface area contributed by atoms with Crippen LogP contribution in [0.2, 0.25) is 5.02 Å². The summed E-state index contributed by atoms with van der Waals surface area (Å²) in [5.41, 5.74) is 6.12. The molecular weight excluding hydrogens is 270 g/mol. The summed E-state index contributed by atoms with van der Waals surface area (Å²) in [6.45, 7) is 0.0507. The fraction of sp³-hybridized carbons (Fsp3) is 0.333. The van der Waals surface area contributed by atoms with E-state index in [1.54, 1.807) is 6.07 Å². The molecule has 7 heteroatoms. The molecule has 1 aromatic carbocycles. The Morgan fingerprint density at radius 1 is 1.47 bits per heavy atom. The summed E-state index contributed by atoms with van der Waals surface area (Å²) >= 11 is 5.96. The molecule has 1 aromatic rings. The van der Waals surface area contributed by atoms with Crippen LogP contribution >= 0.6 is 11.6 Å². The highest BCUT2D eigenvalue weighted by Crippen LogP contribution is 2.23. The highest BCUT2D eigenvalue weighted by molar-refractivity contribution is 6.34. The number of methoxy groups -OCH3 is 1. The van der Waals surface area contributed by atoms with E-state index < -0.39 is 12.0 Å². The first-order chi connectivity index (χ1) is 9.03. The number of ether oxygens (including phenoxy) is 1. The number of hydrogen-bond donors (Lipinski definition) is 3. The molecule has 0 aliphatic heterocycles. The van der Waals surface area contributed by atoms with Crippen molar-refractivity contribution in [2.24, 2.45) is 5.73 Å². The SMILES string of the molecule is CNC(=O)c1ccc(Cl)c(NC(=O)C(CN)OC)c1. The number of nitrogens with one attached hydrogen (secondary N) is 2. The van der Waals surface area contributed by atoms with Gasteiger partial charge in [-0.15, -0.1) is 0 Å². The Morgan fingerprint density at radius 3 is 2.68 bits per heavy atom. The molecule has 1 rings (SSSR count). The van der Waals surface area contributed by atoms with E-state index in [-0.39, 0.29) is 12.5 Å². The van der Waals surface area contributed by atoms with E-state index in [0.29, 0.717) is 16.3 Å². The van der Waals surface area contributed by atoms with Gasteiger partial charge in [-0.2, -0.15) is 0 Å². The third kappa shape index (κ3) is 3.92. The van der Waals surface area contributed by atoms with Gasteiger partial charge in [0.25, 0.3) is 11.8 Å². The summed E-state index contributed by atoms with van der Waals surface area (Å²) in [5.74, 6) is -0.685. The lowest BCUT2D eigenvalue weighted by atomic mass is 10.2. The maximum absolute atomic E-state index is 11.8. The average Bonchev–Trinajstić information content (AvgIpc) is 2.41. The molecule has 4 N–H and O–H groups in total. The van der Waals surface area contributed by atoms with Crippen molar-refractivity contribution < 1.29 is 14.3 Å². The van der Waals surface area contributed by atoms with Crippen molar-refractivity contribution in [3.8, 4) is 0 Å². The van der Waals surface area contributed by atoms with E-state index in [1.165, 1.54) is 26.3 Å². The monoisotopic (exact) mass is 285 g/mol. The van der Waals surface area contributed by atoms with Crippen LogP contribution in [-0.2, 0) is 9.53 Å². The van der Waals surface area contributed by atoms with Crippen LogP contribution in [0.4, 0.5) is 5.69 Å². The van der Waals surface area contributed by atoms with Crippen molar-refractivity contribution >= 4 is 29.1 Å². The number of rotatable bonds is 5. The minimum Gasteiger partial charge on any atom is -0.370 e. The molecule has 0 heterocycles. The molecule has 2 amide bonds. The zero-order chi connectivity index (χ0) is 14.4. The third-order valence-electron chi connectivity index (χ3n) is 2.50. The highest BCUT2D eigenvalue weighted by atomic mass is 35.5. The van der Waals surface area contributed by atoms with Gasteiger partial charge < -0.3 is 21.1 Å². The Labute approximate surface area is 116 Å². The Hall–Kier alpha value is -1.63. The van der Waals surface area contributed by atoms with Gasteiger partial charge in [-0.3, -0.25) is 9.59 Å². The summed E-state index contributed by atoms with van der Waals surface area (Å²) in [6.07, 6.45) is -0.764. The third-order valence-corrected chi connectivity index (χ3v) is 2.83. The standard InChI is InChI=1S/C12H16ClN3O3/c1-15-11(17)7-3-4-8(13)9(5-7)16-12(18)10(6-14)19-2/h3-5,10H,6,14H2,1-2H3,(H,15,17)(H,16,18). The quantitative estimate of drug-likeness (QED) is 0.739. The van der Waals surface area contributed by atoms with Crippen molar-refractivity contribution in [2.45, 2.75) is 6.10 Å². The molecule has 0 radical (unpaired) electrons. The molecular formula is C12H16ClN3O3. The number of nitrogens with two attached hydrogens (primary N) is 1. The van der Waals surface area contributed by atoms with Gasteiger partial charge in [0.15, 0.2) is 0 Å².